The van der Waals surface area contributed by atoms with Gasteiger partial charge >= 0.3 is 0 Å². The van der Waals surface area contributed by atoms with Crippen molar-refractivity contribution in [2.45, 2.75) is 25.8 Å². The molecule has 0 bridgehead atoms. The summed E-state index contributed by atoms with van der Waals surface area (Å²) in [6.07, 6.45) is 3.53. The Hall–Kier alpha value is -1.09. The highest BCUT2D eigenvalue weighted by Gasteiger charge is 2.13. The van der Waals surface area contributed by atoms with Gasteiger partial charge in [0, 0.05) is 24.4 Å². The van der Waals surface area contributed by atoms with Crippen LogP contribution >= 0.6 is 23.2 Å². The van der Waals surface area contributed by atoms with E-state index in [1.54, 1.807) is 0 Å². The van der Waals surface area contributed by atoms with E-state index in [4.69, 9.17) is 23.2 Å². The Labute approximate surface area is 130 Å². The molecule has 2 nitrogen and oxygen atoms in total. The van der Waals surface area contributed by atoms with Crippen molar-refractivity contribution in [3.05, 3.63) is 63.9 Å². The first-order chi connectivity index (χ1) is 9.70. The monoisotopic (exact) mass is 308 g/mol. The zero-order valence-corrected chi connectivity index (χ0v) is 13.0. The molecule has 0 aliphatic rings. The molecular formula is C16H18Cl2N2. The van der Waals surface area contributed by atoms with Crippen LogP contribution in [-0.2, 0) is 12.8 Å². The second-order valence-electron chi connectivity index (χ2n) is 4.70. The third-order valence-corrected chi connectivity index (χ3v) is 4.03. The largest absolute Gasteiger partial charge is 0.314 e. The van der Waals surface area contributed by atoms with Crippen LogP contribution in [0.15, 0.2) is 42.6 Å². The van der Waals surface area contributed by atoms with E-state index in [2.05, 4.69) is 17.2 Å². The zero-order valence-electron chi connectivity index (χ0n) is 11.4. The summed E-state index contributed by atoms with van der Waals surface area (Å²) in [6.45, 7) is 3.01. The minimum Gasteiger partial charge on any atom is -0.314 e. The van der Waals surface area contributed by atoms with Crippen molar-refractivity contribution in [1.82, 2.24) is 10.3 Å². The molecule has 20 heavy (non-hydrogen) atoms. The number of nitrogens with zero attached hydrogens (tertiary/aromatic N) is 1. The number of nitrogens with one attached hydrogen (secondary N) is 1. The number of hydrogen-bond donors (Lipinski definition) is 1. The summed E-state index contributed by atoms with van der Waals surface area (Å²) in [4.78, 5) is 4.38. The summed E-state index contributed by atoms with van der Waals surface area (Å²) in [7, 11) is 0. The van der Waals surface area contributed by atoms with E-state index in [1.807, 2.05) is 42.6 Å². The molecule has 0 aliphatic heterocycles. The first kappa shape index (κ1) is 15.3. The van der Waals surface area contributed by atoms with Crippen LogP contribution in [0.2, 0.25) is 10.0 Å². The van der Waals surface area contributed by atoms with Crippen LogP contribution in [0.1, 0.15) is 18.2 Å². The van der Waals surface area contributed by atoms with Gasteiger partial charge in [-0.25, -0.2) is 0 Å². The van der Waals surface area contributed by atoms with Crippen LogP contribution < -0.4 is 5.32 Å². The summed E-state index contributed by atoms with van der Waals surface area (Å²) in [5.74, 6) is 0. The van der Waals surface area contributed by atoms with Gasteiger partial charge in [-0.1, -0.05) is 48.3 Å². The Morgan fingerprint density at radius 2 is 1.95 bits per heavy atom. The maximum absolute atomic E-state index is 6.27. The van der Waals surface area contributed by atoms with Crippen LogP contribution in [0.5, 0.6) is 0 Å². The van der Waals surface area contributed by atoms with Crippen molar-refractivity contribution >= 4 is 23.2 Å². The highest BCUT2D eigenvalue weighted by atomic mass is 35.5. The van der Waals surface area contributed by atoms with Crippen molar-refractivity contribution in [3.63, 3.8) is 0 Å². The molecule has 1 unspecified atom stereocenters. The second-order valence-corrected chi connectivity index (χ2v) is 5.48. The molecule has 0 saturated carbocycles. The third-order valence-electron chi connectivity index (χ3n) is 3.17. The van der Waals surface area contributed by atoms with Gasteiger partial charge in [-0.3, -0.25) is 4.98 Å². The molecule has 0 saturated heterocycles. The molecule has 1 aromatic carbocycles. The van der Waals surface area contributed by atoms with Crippen molar-refractivity contribution in [2.24, 2.45) is 0 Å². The van der Waals surface area contributed by atoms with Crippen molar-refractivity contribution in [1.29, 1.82) is 0 Å². The van der Waals surface area contributed by atoms with Gasteiger partial charge in [0.2, 0.25) is 0 Å². The normalized spacial score (nSPS) is 12.3. The molecule has 4 heteroatoms. The molecule has 0 spiro atoms. The van der Waals surface area contributed by atoms with Gasteiger partial charge in [0.15, 0.2) is 0 Å². The van der Waals surface area contributed by atoms with Crippen LogP contribution in [0.3, 0.4) is 0 Å². The van der Waals surface area contributed by atoms with E-state index in [1.165, 1.54) is 0 Å². The molecule has 1 heterocycles. The molecule has 2 aromatic rings. The standard InChI is InChI=1S/C16H18Cl2N2/c1-2-19-14(11-13-7-3-4-9-20-13)10-12-6-5-8-15(17)16(12)18/h3-9,14,19H,2,10-11H2,1H3. The van der Waals surface area contributed by atoms with Crippen LogP contribution in [0.25, 0.3) is 0 Å². The maximum Gasteiger partial charge on any atom is 0.0624 e. The number of hydrogen-bond acceptors (Lipinski definition) is 2. The van der Waals surface area contributed by atoms with Crippen LogP contribution in [0, 0.1) is 0 Å². The number of likely N-dealkylation sites (N-methyl/N-ethyl adjacent to an activating group) is 1. The fourth-order valence-corrected chi connectivity index (χ4v) is 2.65. The van der Waals surface area contributed by atoms with Crippen molar-refractivity contribution in [3.8, 4) is 0 Å². The van der Waals surface area contributed by atoms with Crippen LogP contribution in [0.4, 0.5) is 0 Å². The first-order valence-corrected chi connectivity index (χ1v) is 7.52. The molecule has 106 valence electrons. The highest BCUT2D eigenvalue weighted by molar-refractivity contribution is 6.42. The van der Waals surface area contributed by atoms with Gasteiger partial charge in [-0.15, -0.1) is 0 Å². The van der Waals surface area contributed by atoms with E-state index in [-0.39, 0.29) is 0 Å². The Balaban J connectivity index is 2.11. The zero-order chi connectivity index (χ0) is 14.4. The summed E-state index contributed by atoms with van der Waals surface area (Å²) in [6, 6.07) is 12.1. The molecule has 0 fully saturated rings. The third kappa shape index (κ3) is 4.20. The Morgan fingerprint density at radius 1 is 1.10 bits per heavy atom. The van der Waals surface area contributed by atoms with E-state index in [9.17, 15) is 0 Å². The van der Waals surface area contributed by atoms with Crippen molar-refractivity contribution in [2.75, 3.05) is 6.54 Å². The predicted molar refractivity (Wildman–Crippen MR) is 85.6 cm³/mol. The Kier molecular flexibility index (Phi) is 5.84. The average molecular weight is 309 g/mol. The summed E-state index contributed by atoms with van der Waals surface area (Å²) >= 11 is 12.3. The lowest BCUT2D eigenvalue weighted by Crippen LogP contribution is -2.33. The SMILES string of the molecule is CCNC(Cc1ccccn1)Cc1cccc(Cl)c1Cl. The second kappa shape index (κ2) is 7.63. The topological polar surface area (TPSA) is 24.9 Å². The maximum atomic E-state index is 6.27. The summed E-state index contributed by atoms with van der Waals surface area (Å²) in [5.41, 5.74) is 2.15. The summed E-state index contributed by atoms with van der Waals surface area (Å²) < 4.78 is 0. The molecule has 0 radical (unpaired) electrons. The molecule has 1 atom stereocenters. The van der Waals surface area contributed by atoms with E-state index >= 15 is 0 Å². The predicted octanol–water partition coefficient (Wildman–Crippen LogP) is 4.15. The van der Waals surface area contributed by atoms with Crippen molar-refractivity contribution < 1.29 is 0 Å². The Bertz CT molecular complexity index is 543. The smallest absolute Gasteiger partial charge is 0.0624 e. The van der Waals surface area contributed by atoms with Crippen LogP contribution in [-0.4, -0.2) is 17.6 Å². The molecule has 2 rings (SSSR count). The van der Waals surface area contributed by atoms with E-state index in [0.29, 0.717) is 16.1 Å². The average Bonchev–Trinajstić information content (AvgIpc) is 2.45. The van der Waals surface area contributed by atoms with E-state index < -0.39 is 0 Å². The quantitative estimate of drug-likeness (QED) is 0.867. The van der Waals surface area contributed by atoms with Gasteiger partial charge in [0.25, 0.3) is 0 Å². The fourth-order valence-electron chi connectivity index (χ4n) is 2.25. The minimum absolute atomic E-state index is 0.297. The number of pyridine rings is 1. The highest BCUT2D eigenvalue weighted by Crippen LogP contribution is 2.26. The molecule has 0 aliphatic carbocycles. The lowest BCUT2D eigenvalue weighted by atomic mass is 10.0. The number of rotatable bonds is 6. The van der Waals surface area contributed by atoms with Gasteiger partial charge in [0.1, 0.15) is 0 Å². The van der Waals surface area contributed by atoms with E-state index in [0.717, 1.165) is 30.6 Å². The molecule has 0 amide bonds. The molecular weight excluding hydrogens is 291 g/mol. The Morgan fingerprint density at radius 3 is 2.65 bits per heavy atom. The number of aromatic nitrogens is 1. The minimum atomic E-state index is 0.297. The van der Waals surface area contributed by atoms with Gasteiger partial charge < -0.3 is 5.32 Å². The first-order valence-electron chi connectivity index (χ1n) is 6.77. The van der Waals surface area contributed by atoms with Gasteiger partial charge in [-0.05, 0) is 36.7 Å². The number of halogens is 2. The molecule has 1 aromatic heterocycles. The summed E-state index contributed by atoms with van der Waals surface area (Å²) in [5, 5.41) is 4.74. The fraction of sp³-hybridized carbons (Fsp3) is 0.312. The number of benzene rings is 1. The van der Waals surface area contributed by atoms with Gasteiger partial charge in [-0.2, -0.15) is 0 Å². The van der Waals surface area contributed by atoms with Gasteiger partial charge in [0.05, 0.1) is 10.0 Å². The lowest BCUT2D eigenvalue weighted by molar-refractivity contribution is 0.516. The molecule has 1 N–H and O–H groups in total. The lowest BCUT2D eigenvalue weighted by Gasteiger charge is -2.18.